The molecule has 1 heteroatoms. The highest BCUT2D eigenvalue weighted by molar-refractivity contribution is 5.63. The van der Waals surface area contributed by atoms with Gasteiger partial charge in [-0.15, -0.1) is 0 Å². The van der Waals surface area contributed by atoms with Crippen LogP contribution in [0.5, 0.6) is 0 Å². The van der Waals surface area contributed by atoms with Crippen LogP contribution in [0.2, 0.25) is 0 Å². The van der Waals surface area contributed by atoms with E-state index in [1.54, 1.807) is 23.2 Å². The maximum atomic E-state index is 2.87. The SMILES string of the molecule is CC(C)c1cccc(C(C)C)c1N1CC(C)(C)C2(C1)C1CC3CC(C1)CC2C3. The molecule has 1 spiro atoms. The highest BCUT2D eigenvalue weighted by Crippen LogP contribution is 2.70. The summed E-state index contributed by atoms with van der Waals surface area (Å²) in [5, 5.41) is 0. The van der Waals surface area contributed by atoms with Gasteiger partial charge in [0, 0.05) is 24.2 Å². The van der Waals surface area contributed by atoms with Gasteiger partial charge in [0.25, 0.3) is 0 Å². The van der Waals surface area contributed by atoms with Crippen molar-refractivity contribution in [2.45, 2.75) is 85.5 Å². The molecule has 1 aliphatic heterocycles. The van der Waals surface area contributed by atoms with Crippen LogP contribution in [0.4, 0.5) is 5.69 Å². The minimum Gasteiger partial charge on any atom is -0.370 e. The smallest absolute Gasteiger partial charge is 0.0436 e. The Labute approximate surface area is 173 Å². The van der Waals surface area contributed by atoms with E-state index in [0.717, 1.165) is 23.7 Å². The Bertz CT molecular complexity index is 701. The number of hydrogen-bond acceptors (Lipinski definition) is 1. The van der Waals surface area contributed by atoms with Gasteiger partial charge in [-0.25, -0.2) is 0 Å². The molecule has 5 aliphatic rings. The first-order valence-electron chi connectivity index (χ1n) is 12.1. The zero-order chi connectivity index (χ0) is 19.8. The summed E-state index contributed by atoms with van der Waals surface area (Å²) in [6, 6.07) is 7.11. The first-order chi connectivity index (χ1) is 13.2. The van der Waals surface area contributed by atoms with Crippen LogP contribution in [-0.2, 0) is 0 Å². The predicted octanol–water partition coefficient (Wildman–Crippen LogP) is 7.22. The fourth-order valence-electron chi connectivity index (χ4n) is 8.63. The summed E-state index contributed by atoms with van der Waals surface area (Å²) >= 11 is 0. The molecule has 4 bridgehead atoms. The van der Waals surface area contributed by atoms with Crippen LogP contribution in [0.3, 0.4) is 0 Å². The number of hydrogen-bond donors (Lipinski definition) is 0. The fraction of sp³-hybridized carbons (Fsp3) is 0.778. The van der Waals surface area contributed by atoms with Crippen molar-refractivity contribution in [3.8, 4) is 0 Å². The summed E-state index contributed by atoms with van der Waals surface area (Å²) in [6.45, 7) is 17.3. The zero-order valence-corrected chi connectivity index (χ0v) is 19.1. The third-order valence-electron chi connectivity index (χ3n) is 9.55. The van der Waals surface area contributed by atoms with E-state index in [1.165, 1.54) is 38.8 Å². The predicted molar refractivity (Wildman–Crippen MR) is 120 cm³/mol. The zero-order valence-electron chi connectivity index (χ0n) is 19.1. The molecule has 0 radical (unpaired) electrons. The molecule has 4 aliphatic carbocycles. The van der Waals surface area contributed by atoms with Gasteiger partial charge in [-0.1, -0.05) is 59.7 Å². The van der Waals surface area contributed by atoms with Crippen molar-refractivity contribution >= 4 is 5.69 Å². The van der Waals surface area contributed by atoms with Crippen molar-refractivity contribution in [3.63, 3.8) is 0 Å². The van der Waals surface area contributed by atoms with E-state index < -0.39 is 0 Å². The van der Waals surface area contributed by atoms with Crippen LogP contribution < -0.4 is 4.90 Å². The highest BCUT2D eigenvalue weighted by atomic mass is 15.2. The average Bonchev–Trinajstić information content (AvgIpc) is 2.90. The first-order valence-corrected chi connectivity index (χ1v) is 12.1. The summed E-state index contributed by atoms with van der Waals surface area (Å²) in [7, 11) is 0. The van der Waals surface area contributed by atoms with E-state index in [-0.39, 0.29) is 0 Å². The highest BCUT2D eigenvalue weighted by Gasteiger charge is 2.66. The third kappa shape index (κ3) is 2.50. The van der Waals surface area contributed by atoms with E-state index in [9.17, 15) is 0 Å². The standard InChI is InChI=1S/C27H41N/c1-17(2)23-8-7-9-24(18(3)4)25(23)28-15-26(5,6)27(16-28)21-11-19-10-20(13-21)14-22(27)12-19/h7-9,17-22H,10-16H2,1-6H3. The molecule has 6 rings (SSSR count). The van der Waals surface area contributed by atoms with Gasteiger partial charge in [0.2, 0.25) is 0 Å². The normalized spacial score (nSPS) is 38.4. The summed E-state index contributed by atoms with van der Waals surface area (Å²) in [6.07, 6.45) is 7.70. The molecule has 0 N–H and O–H groups in total. The Morgan fingerprint density at radius 2 is 1.29 bits per heavy atom. The lowest BCUT2D eigenvalue weighted by atomic mass is 9.40. The van der Waals surface area contributed by atoms with Crippen LogP contribution in [0.1, 0.15) is 96.6 Å². The molecule has 0 unspecified atom stereocenters. The van der Waals surface area contributed by atoms with E-state index in [2.05, 4.69) is 64.6 Å². The topological polar surface area (TPSA) is 3.24 Å². The molecule has 1 heterocycles. The van der Waals surface area contributed by atoms with Gasteiger partial charge in [0.05, 0.1) is 0 Å². The van der Waals surface area contributed by atoms with Crippen molar-refractivity contribution in [2.75, 3.05) is 18.0 Å². The third-order valence-corrected chi connectivity index (χ3v) is 9.55. The lowest BCUT2D eigenvalue weighted by molar-refractivity contribution is -0.144. The van der Waals surface area contributed by atoms with Crippen molar-refractivity contribution in [1.29, 1.82) is 0 Å². The minimum absolute atomic E-state index is 0.425. The van der Waals surface area contributed by atoms with Crippen molar-refractivity contribution < 1.29 is 0 Å². The molecule has 1 saturated heterocycles. The maximum Gasteiger partial charge on any atom is 0.0436 e. The van der Waals surface area contributed by atoms with Gasteiger partial charge in [0.1, 0.15) is 0 Å². The van der Waals surface area contributed by atoms with Gasteiger partial charge in [0.15, 0.2) is 0 Å². The Hall–Kier alpha value is -0.980. The number of para-hydroxylation sites is 1. The maximum absolute atomic E-state index is 2.87. The average molecular weight is 380 g/mol. The van der Waals surface area contributed by atoms with Crippen molar-refractivity contribution in [1.82, 2.24) is 0 Å². The molecule has 0 amide bonds. The van der Waals surface area contributed by atoms with E-state index >= 15 is 0 Å². The molecule has 4 saturated carbocycles. The second kappa shape index (κ2) is 6.26. The monoisotopic (exact) mass is 379 g/mol. The van der Waals surface area contributed by atoms with Gasteiger partial charge < -0.3 is 4.90 Å². The first kappa shape index (κ1) is 19.0. The Balaban J connectivity index is 1.59. The summed E-state index contributed by atoms with van der Waals surface area (Å²) < 4.78 is 0. The molecular weight excluding hydrogens is 338 g/mol. The Kier molecular flexibility index (Phi) is 4.25. The molecule has 154 valence electrons. The van der Waals surface area contributed by atoms with E-state index in [1.807, 2.05) is 0 Å². The number of nitrogens with zero attached hydrogens (tertiary/aromatic N) is 1. The summed E-state index contributed by atoms with van der Waals surface area (Å²) in [5.41, 5.74) is 5.73. The molecule has 28 heavy (non-hydrogen) atoms. The minimum atomic E-state index is 0.425. The van der Waals surface area contributed by atoms with Crippen molar-refractivity contribution in [2.24, 2.45) is 34.5 Å². The van der Waals surface area contributed by atoms with Gasteiger partial charge in [-0.05, 0) is 84.2 Å². The molecular formula is C27H41N. The van der Waals surface area contributed by atoms with Crippen LogP contribution >= 0.6 is 0 Å². The Morgan fingerprint density at radius 1 is 0.786 bits per heavy atom. The lowest BCUT2D eigenvalue weighted by Gasteiger charge is -2.64. The van der Waals surface area contributed by atoms with Crippen LogP contribution in [0.25, 0.3) is 0 Å². The largest absolute Gasteiger partial charge is 0.370 e. The molecule has 5 fully saturated rings. The molecule has 1 nitrogen and oxygen atoms in total. The second-order valence-electron chi connectivity index (χ2n) is 12.2. The van der Waals surface area contributed by atoms with Crippen LogP contribution in [-0.4, -0.2) is 13.1 Å². The summed E-state index contributed by atoms with van der Waals surface area (Å²) in [4.78, 5) is 2.87. The van der Waals surface area contributed by atoms with Crippen LogP contribution in [0, 0.1) is 34.5 Å². The number of anilines is 1. The fourth-order valence-corrected chi connectivity index (χ4v) is 8.63. The number of benzene rings is 1. The van der Waals surface area contributed by atoms with E-state index in [0.29, 0.717) is 22.7 Å². The quantitative estimate of drug-likeness (QED) is 0.536. The lowest BCUT2D eigenvalue weighted by Crippen LogP contribution is -2.59. The van der Waals surface area contributed by atoms with Gasteiger partial charge in [-0.3, -0.25) is 0 Å². The molecule has 1 aromatic carbocycles. The van der Waals surface area contributed by atoms with Crippen LogP contribution in [0.15, 0.2) is 18.2 Å². The second-order valence-corrected chi connectivity index (χ2v) is 12.2. The molecule has 0 atom stereocenters. The van der Waals surface area contributed by atoms with Crippen molar-refractivity contribution in [3.05, 3.63) is 29.3 Å². The van der Waals surface area contributed by atoms with Gasteiger partial charge in [-0.2, -0.15) is 0 Å². The van der Waals surface area contributed by atoms with E-state index in [4.69, 9.17) is 0 Å². The summed E-state index contributed by atoms with van der Waals surface area (Å²) in [5.74, 6) is 5.27. The Morgan fingerprint density at radius 3 is 1.75 bits per heavy atom. The molecule has 1 aromatic rings. The number of rotatable bonds is 3. The molecule has 0 aromatic heterocycles. The van der Waals surface area contributed by atoms with Gasteiger partial charge >= 0.3 is 0 Å².